The number of fused-ring (bicyclic) bond motifs is 1. The van der Waals surface area contributed by atoms with E-state index in [1.807, 2.05) is 6.07 Å². The molecule has 1 unspecified atom stereocenters. The van der Waals surface area contributed by atoms with Crippen LogP contribution in [0.15, 0.2) is 30.5 Å². The summed E-state index contributed by atoms with van der Waals surface area (Å²) in [4.78, 5) is 0. The van der Waals surface area contributed by atoms with Gasteiger partial charge in [-0.2, -0.15) is 0 Å². The minimum atomic E-state index is -0.433. The van der Waals surface area contributed by atoms with Gasteiger partial charge < -0.3 is 9.67 Å². The first-order valence-electron chi connectivity index (χ1n) is 6.00. The van der Waals surface area contributed by atoms with E-state index in [0.29, 0.717) is 10.7 Å². The predicted octanol–water partition coefficient (Wildman–Crippen LogP) is 3.64. The zero-order valence-corrected chi connectivity index (χ0v) is 10.5. The van der Waals surface area contributed by atoms with E-state index >= 15 is 0 Å². The lowest BCUT2D eigenvalue weighted by Crippen LogP contribution is -2.11. The molecule has 1 heterocycles. The Bertz CT molecular complexity index is 593. The molecule has 0 aliphatic heterocycles. The van der Waals surface area contributed by atoms with Gasteiger partial charge in [0.25, 0.3) is 0 Å². The van der Waals surface area contributed by atoms with Crippen molar-refractivity contribution in [1.29, 1.82) is 0 Å². The van der Waals surface area contributed by atoms with E-state index in [1.54, 1.807) is 16.8 Å². The van der Waals surface area contributed by atoms with Gasteiger partial charge in [0.1, 0.15) is 5.82 Å². The molecule has 94 valence electrons. The Labute approximate surface area is 110 Å². The van der Waals surface area contributed by atoms with E-state index in [9.17, 15) is 9.50 Å². The number of aliphatic hydroxyl groups is 1. The van der Waals surface area contributed by atoms with Crippen molar-refractivity contribution in [2.75, 3.05) is 0 Å². The zero-order valence-electron chi connectivity index (χ0n) is 9.74. The highest BCUT2D eigenvalue weighted by Crippen LogP contribution is 2.33. The maximum atomic E-state index is 13.9. The van der Waals surface area contributed by atoms with Gasteiger partial charge in [-0.15, -0.1) is 0 Å². The van der Waals surface area contributed by atoms with E-state index < -0.39 is 6.10 Å². The summed E-state index contributed by atoms with van der Waals surface area (Å²) < 4.78 is 15.6. The van der Waals surface area contributed by atoms with Crippen molar-refractivity contribution in [1.82, 2.24) is 4.57 Å². The fourth-order valence-electron chi connectivity index (χ4n) is 2.56. The molecule has 0 spiro atoms. The third-order valence-corrected chi connectivity index (χ3v) is 3.68. The molecule has 0 bridgehead atoms. The van der Waals surface area contributed by atoms with Crippen molar-refractivity contribution in [2.24, 2.45) is 0 Å². The Hall–Kier alpha value is -1.32. The van der Waals surface area contributed by atoms with Crippen LogP contribution >= 0.6 is 11.6 Å². The van der Waals surface area contributed by atoms with Crippen molar-refractivity contribution in [2.45, 2.75) is 25.4 Å². The molecule has 1 atom stereocenters. The molecule has 0 amide bonds. The van der Waals surface area contributed by atoms with E-state index in [4.69, 9.17) is 11.6 Å². The van der Waals surface area contributed by atoms with E-state index in [2.05, 4.69) is 0 Å². The third kappa shape index (κ3) is 1.84. The molecule has 0 saturated carbocycles. The molecule has 1 aromatic carbocycles. The molecule has 0 saturated heterocycles. The average Bonchev–Trinajstić information content (AvgIpc) is 2.77. The van der Waals surface area contributed by atoms with Crippen LogP contribution in [0, 0.1) is 5.82 Å². The van der Waals surface area contributed by atoms with Gasteiger partial charge in [0, 0.05) is 22.5 Å². The quantitative estimate of drug-likeness (QED) is 0.837. The standard InChI is InChI=1S/C14H13ClFNO/c15-9-4-5-11(16)13(8-9)17-7-6-10-12(17)2-1-3-14(10)18/h4-8,14,18H,1-3H2. The first-order valence-corrected chi connectivity index (χ1v) is 6.38. The van der Waals surface area contributed by atoms with Crippen LogP contribution in [0.4, 0.5) is 4.39 Å². The summed E-state index contributed by atoms with van der Waals surface area (Å²) in [6.45, 7) is 0. The Morgan fingerprint density at radius 3 is 3.00 bits per heavy atom. The van der Waals surface area contributed by atoms with Crippen LogP contribution in [0.25, 0.3) is 5.69 Å². The van der Waals surface area contributed by atoms with Crippen LogP contribution < -0.4 is 0 Å². The molecule has 2 nitrogen and oxygen atoms in total. The van der Waals surface area contributed by atoms with Gasteiger partial charge in [-0.05, 0) is 43.5 Å². The number of aromatic nitrogens is 1. The predicted molar refractivity (Wildman–Crippen MR) is 68.6 cm³/mol. The average molecular weight is 266 g/mol. The number of nitrogens with zero attached hydrogens (tertiary/aromatic N) is 1. The molecule has 1 aliphatic rings. The lowest BCUT2D eigenvalue weighted by atomic mass is 9.95. The second-order valence-corrected chi connectivity index (χ2v) is 5.03. The summed E-state index contributed by atoms with van der Waals surface area (Å²) >= 11 is 5.92. The molecule has 0 fully saturated rings. The maximum Gasteiger partial charge on any atom is 0.147 e. The summed E-state index contributed by atoms with van der Waals surface area (Å²) in [5.41, 5.74) is 2.33. The second kappa shape index (κ2) is 4.41. The molecular weight excluding hydrogens is 253 g/mol. The van der Waals surface area contributed by atoms with Crippen molar-refractivity contribution in [3.63, 3.8) is 0 Å². The SMILES string of the molecule is OC1CCCc2c1ccn2-c1cc(Cl)ccc1F. The summed E-state index contributed by atoms with van der Waals surface area (Å²) in [7, 11) is 0. The molecule has 1 N–H and O–H groups in total. The zero-order chi connectivity index (χ0) is 12.7. The van der Waals surface area contributed by atoms with Crippen molar-refractivity contribution < 1.29 is 9.50 Å². The Kier molecular flexibility index (Phi) is 2.88. The highest BCUT2D eigenvalue weighted by atomic mass is 35.5. The fourth-order valence-corrected chi connectivity index (χ4v) is 2.73. The molecule has 4 heteroatoms. The van der Waals surface area contributed by atoms with Gasteiger partial charge in [0.2, 0.25) is 0 Å². The maximum absolute atomic E-state index is 13.9. The smallest absolute Gasteiger partial charge is 0.147 e. The van der Waals surface area contributed by atoms with Crippen LogP contribution in [-0.2, 0) is 6.42 Å². The molecule has 18 heavy (non-hydrogen) atoms. The van der Waals surface area contributed by atoms with Gasteiger partial charge >= 0.3 is 0 Å². The summed E-state index contributed by atoms with van der Waals surface area (Å²) in [6, 6.07) is 6.37. The van der Waals surface area contributed by atoms with E-state index in [1.165, 1.54) is 12.1 Å². The second-order valence-electron chi connectivity index (χ2n) is 4.59. The first kappa shape index (κ1) is 11.8. The number of rotatable bonds is 1. The van der Waals surface area contributed by atoms with Crippen LogP contribution in [-0.4, -0.2) is 9.67 Å². The molecule has 1 aliphatic carbocycles. The Balaban J connectivity index is 2.15. The van der Waals surface area contributed by atoms with E-state index in [0.717, 1.165) is 30.5 Å². The lowest BCUT2D eigenvalue weighted by molar-refractivity contribution is 0.156. The Morgan fingerprint density at radius 2 is 2.17 bits per heavy atom. The monoisotopic (exact) mass is 265 g/mol. The number of hydrogen-bond acceptors (Lipinski definition) is 1. The van der Waals surface area contributed by atoms with Crippen LogP contribution in [0.1, 0.15) is 30.2 Å². The topological polar surface area (TPSA) is 25.2 Å². The normalized spacial score (nSPS) is 18.7. The van der Waals surface area contributed by atoms with Crippen LogP contribution in [0.5, 0.6) is 0 Å². The van der Waals surface area contributed by atoms with Gasteiger partial charge in [-0.1, -0.05) is 11.6 Å². The van der Waals surface area contributed by atoms with E-state index in [-0.39, 0.29) is 5.82 Å². The molecule has 0 radical (unpaired) electrons. The number of hydrogen-bond donors (Lipinski definition) is 1. The van der Waals surface area contributed by atoms with Gasteiger partial charge in [-0.25, -0.2) is 4.39 Å². The Morgan fingerprint density at radius 1 is 1.33 bits per heavy atom. The minimum absolute atomic E-state index is 0.308. The van der Waals surface area contributed by atoms with Crippen molar-refractivity contribution >= 4 is 11.6 Å². The van der Waals surface area contributed by atoms with Crippen molar-refractivity contribution in [3.8, 4) is 5.69 Å². The highest BCUT2D eigenvalue weighted by Gasteiger charge is 2.22. The van der Waals surface area contributed by atoms with Crippen LogP contribution in [0.2, 0.25) is 5.02 Å². The number of benzene rings is 1. The first-order chi connectivity index (χ1) is 8.66. The fraction of sp³-hybridized carbons (Fsp3) is 0.286. The molecule has 3 rings (SSSR count). The van der Waals surface area contributed by atoms with Gasteiger partial charge in [-0.3, -0.25) is 0 Å². The minimum Gasteiger partial charge on any atom is -0.388 e. The molecule has 1 aromatic heterocycles. The van der Waals surface area contributed by atoms with Crippen LogP contribution in [0.3, 0.4) is 0 Å². The summed E-state index contributed by atoms with van der Waals surface area (Å²) in [6.07, 6.45) is 3.91. The summed E-state index contributed by atoms with van der Waals surface area (Å²) in [5, 5.41) is 10.4. The largest absolute Gasteiger partial charge is 0.388 e. The number of halogens is 2. The van der Waals surface area contributed by atoms with Crippen molar-refractivity contribution in [3.05, 3.63) is 52.6 Å². The lowest BCUT2D eigenvalue weighted by Gasteiger charge is -2.20. The molecular formula is C14H13ClFNO. The summed E-state index contributed by atoms with van der Waals surface area (Å²) in [5.74, 6) is -0.308. The highest BCUT2D eigenvalue weighted by molar-refractivity contribution is 6.30. The van der Waals surface area contributed by atoms with Gasteiger partial charge in [0.15, 0.2) is 0 Å². The third-order valence-electron chi connectivity index (χ3n) is 3.45. The number of aliphatic hydroxyl groups excluding tert-OH is 1. The van der Waals surface area contributed by atoms with Gasteiger partial charge in [0.05, 0.1) is 11.8 Å². The molecule has 2 aromatic rings.